The highest BCUT2D eigenvalue weighted by atomic mass is 32.2. The van der Waals surface area contributed by atoms with Gasteiger partial charge in [-0.1, -0.05) is 54.2 Å². The number of fused-ring (bicyclic) bond motifs is 3. The Bertz CT molecular complexity index is 1430. The Kier molecular flexibility index (Phi) is 7.60. The Morgan fingerprint density at radius 3 is 2.47 bits per heavy atom. The van der Waals surface area contributed by atoms with Crippen LogP contribution in [-0.2, 0) is 20.9 Å². The second kappa shape index (κ2) is 11.4. The molecule has 0 fully saturated rings. The third-order valence-electron chi connectivity index (χ3n) is 5.99. The van der Waals surface area contributed by atoms with E-state index in [2.05, 4.69) is 20.6 Å². The summed E-state index contributed by atoms with van der Waals surface area (Å²) in [6, 6.07) is 21.7. The summed E-state index contributed by atoms with van der Waals surface area (Å²) in [4.78, 5) is 49.0. The van der Waals surface area contributed by atoms with Crippen LogP contribution in [0.25, 0.3) is 0 Å². The topological polar surface area (TPSA) is 103 Å². The van der Waals surface area contributed by atoms with E-state index in [4.69, 9.17) is 0 Å². The molecule has 0 saturated heterocycles. The first-order valence-corrected chi connectivity index (χ1v) is 13.1. The van der Waals surface area contributed by atoms with Crippen molar-refractivity contribution in [1.82, 2.24) is 10.2 Å². The molecule has 2 aliphatic heterocycles. The van der Waals surface area contributed by atoms with Gasteiger partial charge in [0.25, 0.3) is 5.91 Å². The van der Waals surface area contributed by atoms with Crippen LogP contribution in [0.1, 0.15) is 24.0 Å². The summed E-state index contributed by atoms with van der Waals surface area (Å²) in [6.07, 6.45) is 0.403. The fraction of sp³-hybridized carbons (Fsp3) is 0.179. The first kappa shape index (κ1) is 25.3. The van der Waals surface area contributed by atoms with Gasteiger partial charge in [-0.05, 0) is 48.4 Å². The Morgan fingerprint density at radius 1 is 0.947 bits per heavy atom. The van der Waals surface area contributed by atoms with Gasteiger partial charge in [-0.25, -0.2) is 14.3 Å². The van der Waals surface area contributed by atoms with Crippen LogP contribution >= 0.6 is 11.8 Å². The highest BCUT2D eigenvalue weighted by Gasteiger charge is 2.41. The van der Waals surface area contributed by atoms with Crippen molar-refractivity contribution in [2.75, 3.05) is 11.1 Å². The van der Waals surface area contributed by atoms with Crippen molar-refractivity contribution in [3.8, 4) is 0 Å². The lowest BCUT2D eigenvalue weighted by molar-refractivity contribution is -0.125. The lowest BCUT2D eigenvalue weighted by Gasteiger charge is -2.25. The molecule has 2 aliphatic rings. The zero-order valence-electron chi connectivity index (χ0n) is 20.3. The van der Waals surface area contributed by atoms with Crippen LogP contribution in [0.2, 0.25) is 0 Å². The number of carbonyl (C=O) groups is 3. The summed E-state index contributed by atoms with van der Waals surface area (Å²) in [5, 5.41) is 5.92. The molecule has 1 atom stereocenters. The molecule has 0 spiro atoms. The maximum atomic E-state index is 13.4. The van der Waals surface area contributed by atoms with E-state index in [1.165, 1.54) is 29.2 Å². The Morgan fingerprint density at radius 2 is 1.68 bits per heavy atom. The Labute approximate surface area is 223 Å². The maximum absolute atomic E-state index is 13.4. The molecule has 38 heavy (non-hydrogen) atoms. The number of nitrogens with zero attached hydrogens (tertiary/aromatic N) is 3. The summed E-state index contributed by atoms with van der Waals surface area (Å²) >= 11 is 1.11. The number of halogens is 1. The number of aliphatic imine (C=N–C) groups is 2. The van der Waals surface area contributed by atoms with Crippen molar-refractivity contribution in [3.63, 3.8) is 0 Å². The minimum atomic E-state index is -0.725. The van der Waals surface area contributed by atoms with Gasteiger partial charge in [0.15, 0.2) is 5.17 Å². The second-order valence-corrected chi connectivity index (χ2v) is 9.64. The normalized spacial score (nSPS) is 15.8. The van der Waals surface area contributed by atoms with E-state index >= 15 is 0 Å². The van der Waals surface area contributed by atoms with Crippen molar-refractivity contribution in [2.24, 2.45) is 9.98 Å². The average Bonchev–Trinajstić information content (AvgIpc) is 3.27. The number of amidine groups is 2. The molecule has 0 saturated carbocycles. The van der Waals surface area contributed by atoms with Crippen LogP contribution in [0.4, 0.5) is 15.8 Å². The number of thioether (sulfide) groups is 1. The molecule has 3 aromatic rings. The van der Waals surface area contributed by atoms with Crippen molar-refractivity contribution < 1.29 is 18.8 Å². The number of anilines is 1. The van der Waals surface area contributed by atoms with Crippen LogP contribution in [0.3, 0.4) is 0 Å². The average molecular weight is 530 g/mol. The Balaban J connectivity index is 1.24. The standard InChI is InChI=1S/C28H24FN5O3S/c29-19-10-12-20(13-11-19)31-25(36)17-38-28-33-22-9-5-4-8-21(22)26-32-23(27(37)34(26)28)14-15-24(35)30-16-18-6-2-1-3-7-18/h1-13,23H,14-17H2,(H,30,35)(H,31,36). The van der Waals surface area contributed by atoms with E-state index in [-0.39, 0.29) is 36.3 Å². The number of nitrogens with one attached hydrogen (secondary N) is 2. The first-order chi connectivity index (χ1) is 18.5. The van der Waals surface area contributed by atoms with Gasteiger partial charge in [-0.2, -0.15) is 0 Å². The summed E-state index contributed by atoms with van der Waals surface area (Å²) < 4.78 is 13.1. The predicted molar refractivity (Wildman–Crippen MR) is 146 cm³/mol. The number of hydrogen-bond acceptors (Lipinski definition) is 6. The van der Waals surface area contributed by atoms with E-state index in [1.807, 2.05) is 54.6 Å². The summed E-state index contributed by atoms with van der Waals surface area (Å²) in [5.74, 6) is -0.697. The maximum Gasteiger partial charge on any atom is 0.259 e. The van der Waals surface area contributed by atoms with Crippen LogP contribution in [-0.4, -0.2) is 45.4 Å². The van der Waals surface area contributed by atoms with Gasteiger partial charge < -0.3 is 10.6 Å². The monoisotopic (exact) mass is 529 g/mol. The van der Waals surface area contributed by atoms with Gasteiger partial charge in [0.2, 0.25) is 11.8 Å². The SMILES string of the molecule is O=C(CCC1N=C2c3ccccc3N=C(SCC(=O)Nc3ccc(F)cc3)N2C1=O)NCc1ccccc1. The van der Waals surface area contributed by atoms with Gasteiger partial charge in [-0.3, -0.25) is 19.4 Å². The molecule has 3 amide bonds. The summed E-state index contributed by atoms with van der Waals surface area (Å²) in [7, 11) is 0. The number of hydrogen-bond donors (Lipinski definition) is 2. The van der Waals surface area contributed by atoms with Crippen LogP contribution in [0.15, 0.2) is 88.8 Å². The molecule has 8 nitrogen and oxygen atoms in total. The third-order valence-corrected chi connectivity index (χ3v) is 6.92. The molecular weight excluding hydrogens is 505 g/mol. The number of para-hydroxylation sites is 1. The smallest absolute Gasteiger partial charge is 0.259 e. The largest absolute Gasteiger partial charge is 0.352 e. The molecule has 0 radical (unpaired) electrons. The van der Waals surface area contributed by atoms with Crippen molar-refractivity contribution in [3.05, 3.63) is 95.8 Å². The first-order valence-electron chi connectivity index (χ1n) is 12.1. The number of benzene rings is 3. The van der Waals surface area contributed by atoms with Gasteiger partial charge in [0.05, 0.1) is 11.4 Å². The number of carbonyl (C=O) groups excluding carboxylic acids is 3. The molecular formula is C28H24FN5O3S. The lowest BCUT2D eigenvalue weighted by atomic mass is 10.1. The molecule has 10 heteroatoms. The second-order valence-electron chi connectivity index (χ2n) is 8.70. The van der Waals surface area contributed by atoms with Crippen molar-refractivity contribution in [2.45, 2.75) is 25.4 Å². The van der Waals surface area contributed by atoms with E-state index in [0.29, 0.717) is 28.9 Å². The minimum absolute atomic E-state index is 0.0119. The van der Waals surface area contributed by atoms with Crippen LogP contribution in [0.5, 0.6) is 0 Å². The fourth-order valence-corrected chi connectivity index (χ4v) is 4.90. The van der Waals surface area contributed by atoms with E-state index in [1.54, 1.807) is 0 Å². The van der Waals surface area contributed by atoms with Crippen LogP contribution < -0.4 is 10.6 Å². The molecule has 5 rings (SSSR count). The number of rotatable bonds is 8. The molecule has 0 aliphatic carbocycles. The van der Waals surface area contributed by atoms with E-state index in [0.717, 1.165) is 22.9 Å². The number of amides is 3. The quantitative estimate of drug-likeness (QED) is 0.455. The molecule has 0 aromatic heterocycles. The van der Waals surface area contributed by atoms with E-state index < -0.39 is 11.9 Å². The molecule has 2 N–H and O–H groups in total. The van der Waals surface area contributed by atoms with Crippen molar-refractivity contribution >= 4 is 51.9 Å². The summed E-state index contributed by atoms with van der Waals surface area (Å²) in [6.45, 7) is 0.416. The molecule has 2 heterocycles. The van der Waals surface area contributed by atoms with Gasteiger partial charge in [0, 0.05) is 24.2 Å². The van der Waals surface area contributed by atoms with Crippen LogP contribution in [0, 0.1) is 5.82 Å². The Hall–Kier alpha value is -4.31. The highest BCUT2D eigenvalue weighted by molar-refractivity contribution is 8.14. The third kappa shape index (κ3) is 5.81. The van der Waals surface area contributed by atoms with Gasteiger partial charge >= 0.3 is 0 Å². The van der Waals surface area contributed by atoms with Crippen molar-refractivity contribution in [1.29, 1.82) is 0 Å². The summed E-state index contributed by atoms with van der Waals surface area (Å²) in [5.41, 5.74) is 2.83. The minimum Gasteiger partial charge on any atom is -0.352 e. The molecule has 192 valence electrons. The van der Waals surface area contributed by atoms with Gasteiger partial charge in [-0.15, -0.1) is 0 Å². The highest BCUT2D eigenvalue weighted by Crippen LogP contribution is 2.34. The zero-order chi connectivity index (χ0) is 26.5. The lowest BCUT2D eigenvalue weighted by Crippen LogP contribution is -2.41. The molecule has 1 unspecified atom stereocenters. The molecule has 0 bridgehead atoms. The van der Waals surface area contributed by atoms with E-state index in [9.17, 15) is 18.8 Å². The fourth-order valence-electron chi connectivity index (χ4n) is 4.10. The molecule has 3 aromatic carbocycles. The zero-order valence-corrected chi connectivity index (χ0v) is 21.1. The predicted octanol–water partition coefficient (Wildman–Crippen LogP) is 4.25. The van der Waals surface area contributed by atoms with Gasteiger partial charge in [0.1, 0.15) is 17.7 Å².